The average molecular weight is 366 g/mol. The summed E-state index contributed by atoms with van der Waals surface area (Å²) in [4.78, 5) is 15.3. The maximum atomic E-state index is 13.3. The van der Waals surface area contributed by atoms with Gasteiger partial charge in [-0.15, -0.1) is 0 Å². The largest absolute Gasteiger partial charge is 0.619 e. The molecule has 0 aliphatic heterocycles. The molecule has 27 heavy (non-hydrogen) atoms. The lowest BCUT2D eigenvalue weighted by Gasteiger charge is -2.19. The van der Waals surface area contributed by atoms with Gasteiger partial charge in [0.1, 0.15) is 5.69 Å². The molecular weight excluding hydrogens is 344 g/mol. The molecular formula is C19H22N6O2. The Hall–Kier alpha value is -2.97. The van der Waals surface area contributed by atoms with E-state index in [0.717, 1.165) is 28.8 Å². The fourth-order valence-corrected chi connectivity index (χ4v) is 3.55. The lowest BCUT2D eigenvalue weighted by Crippen LogP contribution is -2.28. The van der Waals surface area contributed by atoms with Crippen LogP contribution in [-0.4, -0.2) is 54.2 Å². The molecule has 4 rings (SSSR count). The summed E-state index contributed by atoms with van der Waals surface area (Å²) in [5.74, 6) is -0.159. The first-order chi connectivity index (χ1) is 13.0. The summed E-state index contributed by atoms with van der Waals surface area (Å²) in [6, 6.07) is 5.53. The second-order valence-electron chi connectivity index (χ2n) is 6.93. The zero-order chi connectivity index (χ0) is 19.1. The van der Waals surface area contributed by atoms with Crippen LogP contribution < -0.4 is 15.8 Å². The maximum absolute atomic E-state index is 13.3. The van der Waals surface area contributed by atoms with Crippen LogP contribution in [0.4, 0.5) is 5.69 Å². The minimum atomic E-state index is -0.159. The molecule has 2 aromatic heterocycles. The van der Waals surface area contributed by atoms with Crippen molar-refractivity contribution in [2.75, 3.05) is 39.0 Å². The van der Waals surface area contributed by atoms with E-state index in [1.807, 2.05) is 30.9 Å². The van der Waals surface area contributed by atoms with Crippen LogP contribution in [0.25, 0.3) is 22.2 Å². The van der Waals surface area contributed by atoms with Gasteiger partial charge >= 0.3 is 0 Å². The van der Waals surface area contributed by atoms with E-state index in [0.29, 0.717) is 41.1 Å². The third-order valence-corrected chi connectivity index (χ3v) is 4.80. The number of fused-ring (bicyclic) bond motifs is 2. The molecule has 0 amide bonds. The second-order valence-corrected chi connectivity index (χ2v) is 6.93. The van der Waals surface area contributed by atoms with E-state index in [9.17, 15) is 10.0 Å². The van der Waals surface area contributed by atoms with E-state index in [2.05, 4.69) is 10.2 Å². The number of likely N-dealkylation sites (N-methyl/N-ethyl adjacent to an activating group) is 1. The summed E-state index contributed by atoms with van der Waals surface area (Å²) in [5.41, 5.74) is 9.72. The molecule has 0 radical (unpaired) electrons. The van der Waals surface area contributed by atoms with E-state index < -0.39 is 0 Å². The fourth-order valence-electron chi connectivity index (χ4n) is 3.55. The number of aromatic nitrogens is 3. The van der Waals surface area contributed by atoms with Gasteiger partial charge in [0, 0.05) is 42.3 Å². The van der Waals surface area contributed by atoms with Gasteiger partial charge < -0.3 is 21.2 Å². The number of benzene rings is 1. The predicted octanol–water partition coefficient (Wildman–Crippen LogP) is 0.813. The highest BCUT2D eigenvalue weighted by atomic mass is 16.5. The van der Waals surface area contributed by atoms with Crippen molar-refractivity contribution in [2.24, 2.45) is 5.73 Å². The highest BCUT2D eigenvalue weighted by Gasteiger charge is 2.32. The van der Waals surface area contributed by atoms with Crippen LogP contribution in [0, 0.1) is 5.21 Å². The molecule has 0 saturated carbocycles. The van der Waals surface area contributed by atoms with Gasteiger partial charge in [0.25, 0.3) is 0 Å². The van der Waals surface area contributed by atoms with Gasteiger partial charge in [-0.05, 0) is 26.2 Å². The molecule has 0 bridgehead atoms. The Morgan fingerprint density at radius 3 is 2.85 bits per heavy atom. The lowest BCUT2D eigenvalue weighted by molar-refractivity contribution is -0.605. The van der Waals surface area contributed by atoms with Crippen LogP contribution in [0.3, 0.4) is 0 Å². The number of nitrogens with two attached hydrogens (primary N) is 1. The molecule has 3 N–H and O–H groups in total. The number of hydrogen-bond acceptors (Lipinski definition) is 6. The zero-order valence-corrected chi connectivity index (χ0v) is 15.4. The topological polar surface area (TPSA) is 103 Å². The predicted molar refractivity (Wildman–Crippen MR) is 104 cm³/mol. The molecule has 140 valence electrons. The van der Waals surface area contributed by atoms with Gasteiger partial charge in [-0.3, -0.25) is 9.48 Å². The molecule has 3 aromatic rings. The van der Waals surface area contributed by atoms with Crippen molar-refractivity contribution in [1.82, 2.24) is 14.7 Å². The minimum absolute atomic E-state index is 0.159. The molecule has 0 saturated heterocycles. The molecule has 8 heteroatoms. The monoisotopic (exact) mass is 366 g/mol. The van der Waals surface area contributed by atoms with E-state index >= 15 is 0 Å². The SMILES string of the molecule is CN(C)CCNc1ccc2c3c(nn2CCN)-c2cc[n+]([O-])cc2C(=O)c13. The van der Waals surface area contributed by atoms with E-state index in [1.165, 1.54) is 12.4 Å². The highest BCUT2D eigenvalue weighted by molar-refractivity contribution is 6.27. The van der Waals surface area contributed by atoms with Crippen LogP contribution in [0.2, 0.25) is 0 Å². The van der Waals surface area contributed by atoms with Crippen molar-refractivity contribution in [3.63, 3.8) is 0 Å². The lowest BCUT2D eigenvalue weighted by atomic mass is 9.87. The molecule has 1 aliphatic carbocycles. The number of pyridine rings is 1. The number of carbonyl (C=O) groups is 1. The molecule has 0 unspecified atom stereocenters. The number of ketones is 1. The van der Waals surface area contributed by atoms with Crippen molar-refractivity contribution >= 4 is 22.4 Å². The fraction of sp³-hybridized carbons (Fsp3) is 0.316. The van der Waals surface area contributed by atoms with E-state index in [-0.39, 0.29) is 5.78 Å². The van der Waals surface area contributed by atoms with Gasteiger partial charge in [0.2, 0.25) is 5.78 Å². The third kappa shape index (κ3) is 2.83. The van der Waals surface area contributed by atoms with Crippen LogP contribution in [0.15, 0.2) is 30.6 Å². The Morgan fingerprint density at radius 2 is 2.11 bits per heavy atom. The number of nitrogens with zero attached hydrogens (tertiary/aromatic N) is 4. The first-order valence-electron chi connectivity index (χ1n) is 8.91. The summed E-state index contributed by atoms with van der Waals surface area (Å²) in [5, 5.41) is 20.7. The summed E-state index contributed by atoms with van der Waals surface area (Å²) in [7, 11) is 4.00. The molecule has 8 nitrogen and oxygen atoms in total. The van der Waals surface area contributed by atoms with Crippen LogP contribution in [0.1, 0.15) is 15.9 Å². The summed E-state index contributed by atoms with van der Waals surface area (Å²) in [6.45, 7) is 2.54. The Kier molecular flexibility index (Phi) is 4.29. The number of rotatable bonds is 6. The Morgan fingerprint density at radius 1 is 1.30 bits per heavy atom. The van der Waals surface area contributed by atoms with Gasteiger partial charge in [0.15, 0.2) is 12.4 Å². The maximum Gasteiger partial charge on any atom is 0.202 e. The van der Waals surface area contributed by atoms with Gasteiger partial charge in [0.05, 0.1) is 23.2 Å². The second kappa shape index (κ2) is 6.64. The zero-order valence-electron chi connectivity index (χ0n) is 15.4. The van der Waals surface area contributed by atoms with E-state index in [1.54, 1.807) is 6.07 Å². The number of anilines is 1. The van der Waals surface area contributed by atoms with Crippen LogP contribution >= 0.6 is 0 Å². The van der Waals surface area contributed by atoms with Crippen molar-refractivity contribution in [3.8, 4) is 11.3 Å². The summed E-state index contributed by atoms with van der Waals surface area (Å²) < 4.78 is 2.48. The van der Waals surface area contributed by atoms with Crippen LogP contribution in [-0.2, 0) is 6.54 Å². The molecule has 1 aliphatic rings. The summed E-state index contributed by atoms with van der Waals surface area (Å²) in [6.07, 6.45) is 2.72. The molecule has 0 atom stereocenters. The molecule has 1 aromatic carbocycles. The summed E-state index contributed by atoms with van der Waals surface area (Å²) >= 11 is 0. The molecule has 0 spiro atoms. The van der Waals surface area contributed by atoms with E-state index in [4.69, 9.17) is 10.8 Å². The number of carbonyl (C=O) groups excluding carboxylic acids is 1. The van der Waals surface area contributed by atoms with Crippen molar-refractivity contribution in [1.29, 1.82) is 0 Å². The average Bonchev–Trinajstić information content (AvgIpc) is 2.99. The molecule has 0 fully saturated rings. The minimum Gasteiger partial charge on any atom is -0.619 e. The van der Waals surface area contributed by atoms with Gasteiger partial charge in [-0.1, -0.05) is 0 Å². The Bertz CT molecular complexity index is 1040. The Labute approximate surface area is 156 Å². The first kappa shape index (κ1) is 17.4. The Balaban J connectivity index is 1.93. The highest BCUT2D eigenvalue weighted by Crippen LogP contribution is 2.41. The third-order valence-electron chi connectivity index (χ3n) is 4.80. The van der Waals surface area contributed by atoms with Crippen LogP contribution in [0.5, 0.6) is 0 Å². The smallest absolute Gasteiger partial charge is 0.202 e. The van der Waals surface area contributed by atoms with Crippen molar-refractivity contribution < 1.29 is 9.52 Å². The number of nitrogens with one attached hydrogen (secondary N) is 1. The first-order valence-corrected chi connectivity index (χ1v) is 8.91. The quantitative estimate of drug-likeness (QED) is 0.387. The van der Waals surface area contributed by atoms with Crippen molar-refractivity contribution in [3.05, 3.63) is 46.9 Å². The standard InChI is InChI=1S/C19H22N6O2/c1-23(2)10-7-21-14-3-4-15-17-16(14)19(26)13-11-24(27)8-5-12(13)18(17)22-25(15)9-6-20/h3-5,8,11,21H,6-7,9-10,20H2,1-2H3. The normalized spacial score (nSPS) is 12.7. The van der Waals surface area contributed by atoms with Gasteiger partial charge in [-0.25, -0.2) is 0 Å². The van der Waals surface area contributed by atoms with Gasteiger partial charge in [-0.2, -0.15) is 9.83 Å². The van der Waals surface area contributed by atoms with Crippen molar-refractivity contribution in [2.45, 2.75) is 6.54 Å². The number of hydrogen-bond donors (Lipinski definition) is 2. The molecule has 2 heterocycles.